The molecular weight excluding hydrogens is 350 g/mol. The van der Waals surface area contributed by atoms with Gasteiger partial charge in [-0.15, -0.1) is 0 Å². The molecule has 3 aromatic carbocycles. The number of carbonyl (C=O) groups is 2. The van der Waals surface area contributed by atoms with Gasteiger partial charge in [-0.3, -0.25) is 9.59 Å². The van der Waals surface area contributed by atoms with Crippen molar-refractivity contribution in [2.45, 2.75) is 20.0 Å². The van der Waals surface area contributed by atoms with Crippen LogP contribution < -0.4 is 9.64 Å². The fourth-order valence-corrected chi connectivity index (χ4v) is 3.42. The van der Waals surface area contributed by atoms with Crippen LogP contribution in [-0.2, 0) is 13.0 Å². The summed E-state index contributed by atoms with van der Waals surface area (Å²) in [5, 5.41) is 0. The van der Waals surface area contributed by atoms with Crippen LogP contribution in [0.1, 0.15) is 38.8 Å². The molecule has 1 aliphatic rings. The van der Waals surface area contributed by atoms with E-state index in [0.717, 1.165) is 29.0 Å². The number of carbonyl (C=O) groups excluding carboxylic acids is 2. The van der Waals surface area contributed by atoms with E-state index < -0.39 is 0 Å². The van der Waals surface area contributed by atoms with Crippen molar-refractivity contribution in [1.29, 1.82) is 0 Å². The summed E-state index contributed by atoms with van der Waals surface area (Å²) in [5.74, 6) is 0.732. The van der Waals surface area contributed by atoms with E-state index in [1.54, 1.807) is 30.0 Å². The molecule has 0 spiro atoms. The van der Waals surface area contributed by atoms with Crippen molar-refractivity contribution in [1.82, 2.24) is 0 Å². The summed E-state index contributed by atoms with van der Waals surface area (Å²) in [6.45, 7) is 2.68. The molecule has 0 radical (unpaired) electrons. The molecule has 0 aromatic heterocycles. The number of ketones is 1. The summed E-state index contributed by atoms with van der Waals surface area (Å²) in [4.78, 5) is 26.3. The molecule has 0 saturated carbocycles. The number of fused-ring (bicyclic) bond motifs is 1. The number of hydrogen-bond donors (Lipinski definition) is 0. The van der Waals surface area contributed by atoms with Gasteiger partial charge in [0.25, 0.3) is 5.91 Å². The molecule has 0 atom stereocenters. The van der Waals surface area contributed by atoms with Gasteiger partial charge in [-0.1, -0.05) is 30.3 Å². The number of ether oxygens (including phenoxy) is 1. The van der Waals surface area contributed by atoms with E-state index in [1.807, 2.05) is 54.6 Å². The number of anilines is 1. The number of rotatable bonds is 5. The van der Waals surface area contributed by atoms with Gasteiger partial charge >= 0.3 is 0 Å². The molecule has 0 aliphatic carbocycles. The first-order valence-electron chi connectivity index (χ1n) is 9.34. The van der Waals surface area contributed by atoms with Crippen LogP contribution in [0.5, 0.6) is 5.75 Å². The largest absolute Gasteiger partial charge is 0.489 e. The number of nitrogens with zero attached hydrogens (tertiary/aromatic N) is 1. The Hall–Kier alpha value is -3.40. The third-order valence-corrected chi connectivity index (χ3v) is 4.98. The second-order valence-corrected chi connectivity index (χ2v) is 6.91. The molecule has 140 valence electrons. The Balaban J connectivity index is 1.45. The van der Waals surface area contributed by atoms with Crippen LogP contribution in [0.15, 0.2) is 72.8 Å². The van der Waals surface area contributed by atoms with E-state index in [0.29, 0.717) is 24.3 Å². The topological polar surface area (TPSA) is 46.6 Å². The normalized spacial score (nSPS) is 12.5. The fourth-order valence-electron chi connectivity index (χ4n) is 3.42. The standard InChI is InChI=1S/C24H21NO3/c1-17(26)20-9-12-23-21(15-20)13-14-25(23)24(27)19-7-10-22(11-8-19)28-16-18-5-3-2-4-6-18/h2-12,15H,13-14,16H2,1H3. The Kier molecular flexibility index (Phi) is 4.94. The molecule has 0 unspecified atom stereocenters. The highest BCUT2D eigenvalue weighted by molar-refractivity contribution is 6.07. The predicted octanol–water partition coefficient (Wildman–Crippen LogP) is 4.67. The lowest BCUT2D eigenvalue weighted by molar-refractivity contribution is 0.0987. The highest BCUT2D eigenvalue weighted by Gasteiger charge is 2.26. The Morgan fingerprint density at radius 3 is 2.36 bits per heavy atom. The smallest absolute Gasteiger partial charge is 0.258 e. The molecule has 4 rings (SSSR count). The number of Topliss-reactive ketones (excluding diaryl/α,β-unsaturated/α-hetero) is 1. The van der Waals surface area contributed by atoms with E-state index in [9.17, 15) is 9.59 Å². The van der Waals surface area contributed by atoms with E-state index >= 15 is 0 Å². The predicted molar refractivity (Wildman–Crippen MR) is 109 cm³/mol. The minimum absolute atomic E-state index is 0.0380. The molecule has 1 aliphatic heterocycles. The molecule has 1 heterocycles. The van der Waals surface area contributed by atoms with Gasteiger partial charge in [-0.2, -0.15) is 0 Å². The molecule has 28 heavy (non-hydrogen) atoms. The third-order valence-electron chi connectivity index (χ3n) is 4.98. The second kappa shape index (κ2) is 7.69. The highest BCUT2D eigenvalue weighted by atomic mass is 16.5. The highest BCUT2D eigenvalue weighted by Crippen LogP contribution is 2.30. The maximum Gasteiger partial charge on any atom is 0.258 e. The van der Waals surface area contributed by atoms with Crippen molar-refractivity contribution in [3.63, 3.8) is 0 Å². The van der Waals surface area contributed by atoms with Crippen LogP contribution >= 0.6 is 0 Å². The van der Waals surface area contributed by atoms with Gasteiger partial charge in [0.15, 0.2) is 5.78 Å². The summed E-state index contributed by atoms with van der Waals surface area (Å²) >= 11 is 0. The minimum Gasteiger partial charge on any atom is -0.489 e. The van der Waals surface area contributed by atoms with Crippen LogP contribution in [0.25, 0.3) is 0 Å². The summed E-state index contributed by atoms with van der Waals surface area (Å²) in [5.41, 5.74) is 4.34. The Bertz CT molecular complexity index is 1010. The zero-order valence-electron chi connectivity index (χ0n) is 15.7. The van der Waals surface area contributed by atoms with Gasteiger partial charge in [-0.25, -0.2) is 0 Å². The van der Waals surface area contributed by atoms with Crippen molar-refractivity contribution < 1.29 is 14.3 Å². The molecule has 0 bridgehead atoms. The summed E-state index contributed by atoms with van der Waals surface area (Å²) in [6, 6.07) is 22.8. The lowest BCUT2D eigenvalue weighted by Crippen LogP contribution is -2.28. The average molecular weight is 371 g/mol. The zero-order chi connectivity index (χ0) is 19.5. The van der Waals surface area contributed by atoms with Crippen molar-refractivity contribution in [3.05, 3.63) is 95.1 Å². The Morgan fingerprint density at radius 2 is 1.64 bits per heavy atom. The van der Waals surface area contributed by atoms with Gasteiger partial charge < -0.3 is 9.64 Å². The van der Waals surface area contributed by atoms with Gasteiger partial charge in [0.1, 0.15) is 12.4 Å². The van der Waals surface area contributed by atoms with Crippen molar-refractivity contribution in [2.75, 3.05) is 11.4 Å². The van der Waals surface area contributed by atoms with Crippen LogP contribution in [0, 0.1) is 0 Å². The van der Waals surface area contributed by atoms with Gasteiger partial charge in [0.2, 0.25) is 0 Å². The minimum atomic E-state index is -0.0380. The molecule has 0 fully saturated rings. The van der Waals surface area contributed by atoms with E-state index in [-0.39, 0.29) is 11.7 Å². The monoisotopic (exact) mass is 371 g/mol. The first-order valence-corrected chi connectivity index (χ1v) is 9.34. The quantitative estimate of drug-likeness (QED) is 0.612. The first kappa shape index (κ1) is 18.0. The zero-order valence-corrected chi connectivity index (χ0v) is 15.7. The summed E-state index contributed by atoms with van der Waals surface area (Å²) in [7, 11) is 0. The lowest BCUT2D eigenvalue weighted by Gasteiger charge is -2.18. The van der Waals surface area contributed by atoms with Gasteiger partial charge in [0, 0.05) is 23.4 Å². The van der Waals surface area contributed by atoms with Crippen molar-refractivity contribution in [2.24, 2.45) is 0 Å². The number of hydrogen-bond acceptors (Lipinski definition) is 3. The third kappa shape index (κ3) is 3.67. The van der Waals surface area contributed by atoms with Crippen molar-refractivity contribution in [3.8, 4) is 5.75 Å². The summed E-state index contributed by atoms with van der Waals surface area (Å²) in [6.07, 6.45) is 0.764. The molecule has 3 aromatic rings. The maximum atomic E-state index is 12.9. The van der Waals surface area contributed by atoms with Crippen LogP contribution in [0.3, 0.4) is 0 Å². The van der Waals surface area contributed by atoms with E-state index in [4.69, 9.17) is 4.74 Å². The molecule has 1 amide bonds. The fraction of sp³-hybridized carbons (Fsp3) is 0.167. The molecule has 0 N–H and O–H groups in total. The summed E-state index contributed by atoms with van der Waals surface area (Å²) < 4.78 is 5.79. The Labute approximate surface area is 164 Å². The second-order valence-electron chi connectivity index (χ2n) is 6.91. The van der Waals surface area contributed by atoms with Crippen LogP contribution in [-0.4, -0.2) is 18.2 Å². The molecular formula is C24H21NO3. The molecule has 4 heteroatoms. The van der Waals surface area contributed by atoms with Gasteiger partial charge in [0.05, 0.1) is 0 Å². The van der Waals surface area contributed by atoms with Gasteiger partial charge in [-0.05, 0) is 66.9 Å². The SMILES string of the molecule is CC(=O)c1ccc2c(c1)CCN2C(=O)c1ccc(OCc2ccccc2)cc1. The molecule has 0 saturated heterocycles. The van der Waals surface area contributed by atoms with Crippen LogP contribution in [0.2, 0.25) is 0 Å². The first-order chi connectivity index (χ1) is 13.6. The molecule has 4 nitrogen and oxygen atoms in total. The lowest BCUT2D eigenvalue weighted by atomic mass is 10.1. The number of amides is 1. The van der Waals surface area contributed by atoms with E-state index in [2.05, 4.69) is 0 Å². The van der Waals surface area contributed by atoms with Crippen LogP contribution in [0.4, 0.5) is 5.69 Å². The van der Waals surface area contributed by atoms with E-state index in [1.165, 1.54) is 0 Å². The maximum absolute atomic E-state index is 12.9. The average Bonchev–Trinajstić information content (AvgIpc) is 3.16. The number of benzene rings is 3. The Morgan fingerprint density at radius 1 is 0.929 bits per heavy atom. The van der Waals surface area contributed by atoms with Crippen molar-refractivity contribution >= 4 is 17.4 Å².